The summed E-state index contributed by atoms with van der Waals surface area (Å²) in [6, 6.07) is 4.71. The van der Waals surface area contributed by atoms with Gasteiger partial charge in [0.2, 0.25) is 0 Å². The Morgan fingerprint density at radius 1 is 1.35 bits per heavy atom. The first-order valence-electron chi connectivity index (χ1n) is 6.07. The van der Waals surface area contributed by atoms with E-state index in [1.807, 2.05) is 6.07 Å². The molecule has 0 bridgehead atoms. The van der Waals surface area contributed by atoms with Crippen molar-refractivity contribution in [2.75, 3.05) is 32.1 Å². The summed E-state index contributed by atoms with van der Waals surface area (Å²) in [6.45, 7) is 3.06. The van der Waals surface area contributed by atoms with Crippen molar-refractivity contribution in [3.8, 4) is 5.75 Å². The zero-order chi connectivity index (χ0) is 12.1. The SMILES string of the molecule is COc1cc(F)cc(NCC2CCNCC2)c1. The zero-order valence-corrected chi connectivity index (χ0v) is 10.1. The second-order valence-corrected chi connectivity index (χ2v) is 4.45. The standard InChI is InChI=1S/C13H19FN2O/c1-17-13-7-11(14)6-12(8-13)16-9-10-2-4-15-5-3-10/h6-8,10,15-16H,2-5,9H2,1H3. The van der Waals surface area contributed by atoms with Crippen molar-refractivity contribution in [1.29, 1.82) is 0 Å². The third kappa shape index (κ3) is 3.60. The van der Waals surface area contributed by atoms with Gasteiger partial charge in [-0.15, -0.1) is 0 Å². The van der Waals surface area contributed by atoms with E-state index in [1.165, 1.54) is 25.0 Å². The molecule has 3 nitrogen and oxygen atoms in total. The molecule has 1 heterocycles. The van der Waals surface area contributed by atoms with Gasteiger partial charge in [-0.3, -0.25) is 0 Å². The lowest BCUT2D eigenvalue weighted by molar-refractivity contribution is 0.389. The van der Waals surface area contributed by atoms with E-state index in [4.69, 9.17) is 4.74 Å². The zero-order valence-electron chi connectivity index (χ0n) is 10.1. The van der Waals surface area contributed by atoms with Gasteiger partial charge < -0.3 is 15.4 Å². The molecule has 1 aromatic rings. The van der Waals surface area contributed by atoms with Gasteiger partial charge in [0.1, 0.15) is 11.6 Å². The highest BCUT2D eigenvalue weighted by molar-refractivity contribution is 5.48. The van der Waals surface area contributed by atoms with Crippen LogP contribution in [0.5, 0.6) is 5.75 Å². The highest BCUT2D eigenvalue weighted by atomic mass is 19.1. The van der Waals surface area contributed by atoms with Gasteiger partial charge >= 0.3 is 0 Å². The van der Waals surface area contributed by atoms with Crippen LogP contribution in [-0.4, -0.2) is 26.7 Å². The minimum absolute atomic E-state index is 0.267. The molecule has 0 spiro atoms. The number of rotatable bonds is 4. The lowest BCUT2D eigenvalue weighted by Gasteiger charge is -2.23. The first-order valence-corrected chi connectivity index (χ1v) is 6.07. The molecule has 1 aliphatic heterocycles. The number of methoxy groups -OCH3 is 1. The molecule has 0 aliphatic carbocycles. The number of hydrogen-bond donors (Lipinski definition) is 2. The molecular weight excluding hydrogens is 219 g/mol. The average molecular weight is 238 g/mol. The second-order valence-electron chi connectivity index (χ2n) is 4.45. The molecule has 1 aromatic carbocycles. The molecule has 17 heavy (non-hydrogen) atoms. The number of halogens is 1. The van der Waals surface area contributed by atoms with Gasteiger partial charge in [-0.2, -0.15) is 0 Å². The summed E-state index contributed by atoms with van der Waals surface area (Å²) in [5.41, 5.74) is 0.792. The smallest absolute Gasteiger partial charge is 0.128 e. The number of ether oxygens (including phenoxy) is 1. The van der Waals surface area contributed by atoms with Gasteiger partial charge in [0, 0.05) is 24.4 Å². The van der Waals surface area contributed by atoms with Crippen LogP contribution in [0.25, 0.3) is 0 Å². The molecule has 0 radical (unpaired) electrons. The third-order valence-corrected chi connectivity index (χ3v) is 3.16. The van der Waals surface area contributed by atoms with E-state index in [1.54, 1.807) is 7.11 Å². The molecule has 0 unspecified atom stereocenters. The average Bonchev–Trinajstić information content (AvgIpc) is 2.37. The number of piperidine rings is 1. The molecule has 1 saturated heterocycles. The Morgan fingerprint density at radius 3 is 2.82 bits per heavy atom. The summed E-state index contributed by atoms with van der Waals surface area (Å²) >= 11 is 0. The predicted molar refractivity (Wildman–Crippen MR) is 67.0 cm³/mol. The van der Waals surface area contributed by atoms with Crippen molar-refractivity contribution in [2.24, 2.45) is 5.92 Å². The third-order valence-electron chi connectivity index (χ3n) is 3.16. The van der Waals surface area contributed by atoms with Crippen LogP contribution < -0.4 is 15.4 Å². The fraction of sp³-hybridized carbons (Fsp3) is 0.538. The molecule has 2 rings (SSSR count). The lowest BCUT2D eigenvalue weighted by atomic mass is 9.98. The monoisotopic (exact) mass is 238 g/mol. The fourth-order valence-electron chi connectivity index (χ4n) is 2.13. The minimum atomic E-state index is -0.267. The van der Waals surface area contributed by atoms with Crippen LogP contribution in [-0.2, 0) is 0 Å². The van der Waals surface area contributed by atoms with Gasteiger partial charge in [0.15, 0.2) is 0 Å². The van der Waals surface area contributed by atoms with E-state index in [9.17, 15) is 4.39 Å². The predicted octanol–water partition coefficient (Wildman–Crippen LogP) is 2.25. The Labute approximate surface area is 101 Å². The Kier molecular flexibility index (Phi) is 4.20. The van der Waals surface area contributed by atoms with E-state index in [2.05, 4.69) is 10.6 Å². The maximum absolute atomic E-state index is 13.3. The van der Waals surface area contributed by atoms with Crippen LogP contribution in [0.4, 0.5) is 10.1 Å². The van der Waals surface area contributed by atoms with Gasteiger partial charge in [-0.05, 0) is 37.9 Å². The summed E-state index contributed by atoms with van der Waals surface area (Å²) in [7, 11) is 1.55. The highest BCUT2D eigenvalue weighted by Gasteiger charge is 2.12. The first-order chi connectivity index (χ1) is 8.28. The summed E-state index contributed by atoms with van der Waals surface area (Å²) in [5, 5.41) is 6.61. The molecule has 1 fully saturated rings. The molecular formula is C13H19FN2O. The van der Waals surface area contributed by atoms with Crippen LogP contribution >= 0.6 is 0 Å². The van der Waals surface area contributed by atoms with E-state index < -0.39 is 0 Å². The largest absolute Gasteiger partial charge is 0.497 e. The quantitative estimate of drug-likeness (QED) is 0.844. The second kappa shape index (κ2) is 5.87. The van der Waals surface area contributed by atoms with Crippen molar-refractivity contribution in [1.82, 2.24) is 5.32 Å². The van der Waals surface area contributed by atoms with E-state index in [0.29, 0.717) is 11.7 Å². The van der Waals surface area contributed by atoms with Crippen LogP contribution in [0.15, 0.2) is 18.2 Å². The Hall–Kier alpha value is -1.29. The molecule has 1 aliphatic rings. The lowest BCUT2D eigenvalue weighted by Crippen LogP contribution is -2.31. The molecule has 0 aromatic heterocycles. The number of hydrogen-bond acceptors (Lipinski definition) is 3. The van der Waals surface area contributed by atoms with E-state index in [0.717, 1.165) is 25.3 Å². The van der Waals surface area contributed by atoms with Gasteiger partial charge in [-0.25, -0.2) is 4.39 Å². The van der Waals surface area contributed by atoms with Gasteiger partial charge in [-0.1, -0.05) is 0 Å². The number of anilines is 1. The summed E-state index contributed by atoms with van der Waals surface area (Å²) in [6.07, 6.45) is 2.36. The normalized spacial score (nSPS) is 16.8. The van der Waals surface area contributed by atoms with Crippen molar-refractivity contribution in [2.45, 2.75) is 12.8 Å². The molecule has 94 valence electrons. The van der Waals surface area contributed by atoms with Crippen LogP contribution in [0.2, 0.25) is 0 Å². The highest BCUT2D eigenvalue weighted by Crippen LogP contribution is 2.21. The molecule has 0 atom stereocenters. The Balaban J connectivity index is 1.91. The maximum atomic E-state index is 13.3. The van der Waals surface area contributed by atoms with Crippen molar-refractivity contribution < 1.29 is 9.13 Å². The van der Waals surface area contributed by atoms with Crippen molar-refractivity contribution >= 4 is 5.69 Å². The molecule has 4 heteroatoms. The summed E-state index contributed by atoms with van der Waals surface area (Å²) in [5.74, 6) is 0.959. The van der Waals surface area contributed by atoms with Gasteiger partial charge in [0.25, 0.3) is 0 Å². The Bertz CT molecular complexity index is 364. The van der Waals surface area contributed by atoms with E-state index >= 15 is 0 Å². The topological polar surface area (TPSA) is 33.3 Å². The first kappa shape index (κ1) is 12.2. The maximum Gasteiger partial charge on any atom is 0.128 e. The fourth-order valence-corrected chi connectivity index (χ4v) is 2.13. The van der Waals surface area contributed by atoms with Crippen molar-refractivity contribution in [3.63, 3.8) is 0 Å². The van der Waals surface area contributed by atoms with E-state index in [-0.39, 0.29) is 5.82 Å². The molecule has 0 amide bonds. The Morgan fingerprint density at radius 2 is 2.12 bits per heavy atom. The van der Waals surface area contributed by atoms with Crippen molar-refractivity contribution in [3.05, 3.63) is 24.0 Å². The number of benzene rings is 1. The van der Waals surface area contributed by atoms with Gasteiger partial charge in [0.05, 0.1) is 7.11 Å². The van der Waals surface area contributed by atoms with Crippen LogP contribution in [0, 0.1) is 11.7 Å². The van der Waals surface area contributed by atoms with Crippen LogP contribution in [0.3, 0.4) is 0 Å². The minimum Gasteiger partial charge on any atom is -0.497 e. The summed E-state index contributed by atoms with van der Waals surface area (Å²) < 4.78 is 18.3. The van der Waals surface area contributed by atoms with Crippen LogP contribution in [0.1, 0.15) is 12.8 Å². The molecule has 0 saturated carbocycles. The molecule has 2 N–H and O–H groups in total. The number of nitrogens with one attached hydrogen (secondary N) is 2. The summed E-state index contributed by atoms with van der Waals surface area (Å²) in [4.78, 5) is 0.